The number of rotatable bonds is 5. The minimum atomic E-state index is -2.73. The van der Waals surface area contributed by atoms with Crippen molar-refractivity contribution in [3.63, 3.8) is 0 Å². The number of nitrogens with one attached hydrogen (secondary N) is 1. The fourth-order valence-corrected chi connectivity index (χ4v) is 3.30. The van der Waals surface area contributed by atoms with Crippen LogP contribution >= 0.6 is 0 Å². The van der Waals surface area contributed by atoms with Gasteiger partial charge >= 0.3 is 6.55 Å². The van der Waals surface area contributed by atoms with Crippen LogP contribution in [0.2, 0.25) is 0 Å². The molecule has 1 amide bonds. The third-order valence-corrected chi connectivity index (χ3v) is 4.69. The third kappa shape index (κ3) is 3.39. The van der Waals surface area contributed by atoms with Gasteiger partial charge in [-0.1, -0.05) is 12.1 Å². The predicted molar refractivity (Wildman–Crippen MR) is 105 cm³/mol. The van der Waals surface area contributed by atoms with Gasteiger partial charge in [0.1, 0.15) is 11.8 Å². The minimum Gasteiger partial charge on any atom is -0.495 e. The van der Waals surface area contributed by atoms with Crippen molar-refractivity contribution in [2.45, 2.75) is 13.1 Å². The smallest absolute Gasteiger partial charge is 0.333 e. The number of fused-ring (bicyclic) bond motifs is 1. The van der Waals surface area contributed by atoms with Gasteiger partial charge in [-0.15, -0.1) is 0 Å². The number of hydrogen-bond donors (Lipinski definition) is 1. The highest BCUT2D eigenvalue weighted by molar-refractivity contribution is 6.16. The van der Waals surface area contributed by atoms with Crippen molar-refractivity contribution >= 4 is 17.3 Å². The molecule has 0 spiro atoms. The molecule has 1 N–H and O–H groups in total. The number of halogens is 2. The maximum atomic E-state index is 12.8. The van der Waals surface area contributed by atoms with Crippen molar-refractivity contribution in [3.8, 4) is 11.8 Å². The number of alkyl halides is 2. The highest BCUT2D eigenvalue weighted by atomic mass is 19.3. The molecule has 0 saturated carbocycles. The number of amides is 1. The van der Waals surface area contributed by atoms with E-state index in [2.05, 4.69) is 15.4 Å². The third-order valence-electron chi connectivity index (χ3n) is 4.69. The molecule has 3 aromatic rings. The van der Waals surface area contributed by atoms with Crippen LogP contribution in [0.15, 0.2) is 53.8 Å². The summed E-state index contributed by atoms with van der Waals surface area (Å²) in [5.74, 6) is -0.244. The molecule has 0 fully saturated rings. The number of aliphatic imine (C=N–C) groups is 1. The fraction of sp³-hybridized carbons (Fsp3) is 0.143. The molecular weight excluding hydrogens is 392 g/mol. The van der Waals surface area contributed by atoms with Crippen LogP contribution in [0.1, 0.15) is 39.2 Å². The second-order valence-electron chi connectivity index (χ2n) is 6.48. The van der Waals surface area contributed by atoms with E-state index in [0.717, 1.165) is 11.1 Å². The van der Waals surface area contributed by atoms with E-state index in [1.165, 1.54) is 19.5 Å². The average Bonchev–Trinajstić information content (AvgIpc) is 3.39. The Morgan fingerprint density at radius 2 is 2.17 bits per heavy atom. The summed E-state index contributed by atoms with van der Waals surface area (Å²) in [6, 6.07) is 12.0. The predicted octanol–water partition coefficient (Wildman–Crippen LogP) is 3.76. The Bertz CT molecular complexity index is 1210. The number of anilines is 1. The molecule has 7 nitrogen and oxygen atoms in total. The Kier molecular flexibility index (Phi) is 4.98. The number of aromatic nitrogens is 2. The zero-order valence-corrected chi connectivity index (χ0v) is 15.8. The second kappa shape index (κ2) is 7.75. The highest BCUT2D eigenvalue weighted by Crippen LogP contribution is 2.28. The number of carbonyl (C=O) groups is 1. The van der Waals surface area contributed by atoms with Crippen molar-refractivity contribution in [3.05, 3.63) is 76.6 Å². The van der Waals surface area contributed by atoms with Crippen LogP contribution in [0.5, 0.6) is 5.75 Å². The first kappa shape index (κ1) is 19.3. The molecule has 30 heavy (non-hydrogen) atoms. The maximum absolute atomic E-state index is 12.8. The first-order chi connectivity index (χ1) is 14.5. The van der Waals surface area contributed by atoms with Crippen molar-refractivity contribution < 1.29 is 18.3 Å². The molecule has 2 aromatic carbocycles. The van der Waals surface area contributed by atoms with Crippen molar-refractivity contribution in [2.75, 3.05) is 12.4 Å². The van der Waals surface area contributed by atoms with E-state index < -0.39 is 12.5 Å². The van der Waals surface area contributed by atoms with Crippen LogP contribution in [0.3, 0.4) is 0 Å². The van der Waals surface area contributed by atoms with E-state index in [-0.39, 0.29) is 16.9 Å². The first-order valence-corrected chi connectivity index (χ1v) is 8.90. The number of para-hydroxylation sites is 1. The number of methoxy groups -OCH3 is 1. The Balaban J connectivity index is 1.62. The van der Waals surface area contributed by atoms with Gasteiger partial charge < -0.3 is 10.1 Å². The van der Waals surface area contributed by atoms with Gasteiger partial charge in [-0.05, 0) is 29.8 Å². The van der Waals surface area contributed by atoms with Crippen LogP contribution in [0.4, 0.5) is 14.5 Å². The van der Waals surface area contributed by atoms with Gasteiger partial charge in [0.2, 0.25) is 0 Å². The molecular formula is C21H15F2N5O2. The second-order valence-corrected chi connectivity index (χ2v) is 6.48. The van der Waals surface area contributed by atoms with E-state index >= 15 is 0 Å². The van der Waals surface area contributed by atoms with Crippen LogP contribution in [-0.4, -0.2) is 28.5 Å². The van der Waals surface area contributed by atoms with E-state index in [9.17, 15) is 18.8 Å². The molecule has 2 heterocycles. The molecule has 0 atom stereocenters. The summed E-state index contributed by atoms with van der Waals surface area (Å²) >= 11 is 0. The summed E-state index contributed by atoms with van der Waals surface area (Å²) in [5, 5.41) is 15.6. The van der Waals surface area contributed by atoms with Crippen molar-refractivity contribution in [2.24, 2.45) is 4.99 Å². The summed E-state index contributed by atoms with van der Waals surface area (Å²) in [5.41, 5.74) is 3.64. The van der Waals surface area contributed by atoms with Crippen LogP contribution in [0.25, 0.3) is 0 Å². The lowest BCUT2D eigenvalue weighted by Gasteiger charge is -2.11. The quantitative estimate of drug-likeness (QED) is 0.697. The average molecular weight is 407 g/mol. The van der Waals surface area contributed by atoms with Crippen LogP contribution in [-0.2, 0) is 6.54 Å². The molecule has 0 unspecified atom stereocenters. The normalized spacial score (nSPS) is 12.3. The molecule has 0 saturated heterocycles. The SMILES string of the molecule is COc1c(C#N)cccc1C(=O)Nc1ccc2c(c1)C(c1cnn(C(F)F)c1)=NC2. The van der Waals surface area contributed by atoms with E-state index in [1.807, 2.05) is 12.1 Å². The van der Waals surface area contributed by atoms with E-state index in [1.54, 1.807) is 30.3 Å². The Morgan fingerprint density at radius 3 is 2.87 bits per heavy atom. The molecule has 4 rings (SSSR count). The van der Waals surface area contributed by atoms with Crippen LogP contribution in [0, 0.1) is 11.3 Å². The Labute approximate surface area is 170 Å². The zero-order valence-electron chi connectivity index (χ0n) is 15.8. The number of nitrogens with zero attached hydrogens (tertiary/aromatic N) is 4. The van der Waals surface area contributed by atoms with Gasteiger partial charge in [0, 0.05) is 23.0 Å². The summed E-state index contributed by atoms with van der Waals surface area (Å²) < 4.78 is 31.5. The number of nitriles is 1. The number of benzene rings is 2. The molecule has 0 bridgehead atoms. The zero-order chi connectivity index (χ0) is 21.3. The number of carbonyl (C=O) groups excluding carboxylic acids is 1. The summed E-state index contributed by atoms with van der Waals surface area (Å²) in [6.07, 6.45) is 2.58. The Hall–Kier alpha value is -4.06. The summed E-state index contributed by atoms with van der Waals surface area (Å²) in [6.45, 7) is -2.32. The van der Waals surface area contributed by atoms with Gasteiger partial charge in [0.05, 0.1) is 36.7 Å². The lowest BCUT2D eigenvalue weighted by atomic mass is 10.0. The van der Waals surface area contributed by atoms with E-state index in [0.29, 0.717) is 28.2 Å². The lowest BCUT2D eigenvalue weighted by Crippen LogP contribution is -2.14. The molecule has 1 aliphatic heterocycles. The highest BCUT2D eigenvalue weighted by Gasteiger charge is 2.22. The van der Waals surface area contributed by atoms with Gasteiger partial charge in [0.15, 0.2) is 0 Å². The van der Waals surface area contributed by atoms with Gasteiger partial charge in [-0.3, -0.25) is 9.79 Å². The topological polar surface area (TPSA) is 92.3 Å². The van der Waals surface area contributed by atoms with Gasteiger partial charge in [-0.25, -0.2) is 4.68 Å². The molecule has 1 aliphatic rings. The lowest BCUT2D eigenvalue weighted by molar-refractivity contribution is 0.0566. The summed E-state index contributed by atoms with van der Waals surface area (Å²) in [7, 11) is 1.39. The largest absolute Gasteiger partial charge is 0.495 e. The monoisotopic (exact) mass is 407 g/mol. The molecule has 9 heteroatoms. The van der Waals surface area contributed by atoms with Crippen molar-refractivity contribution in [1.82, 2.24) is 9.78 Å². The maximum Gasteiger partial charge on any atom is 0.333 e. The number of ether oxygens (including phenoxy) is 1. The molecule has 0 radical (unpaired) electrons. The molecule has 1 aromatic heterocycles. The number of hydrogen-bond acceptors (Lipinski definition) is 5. The Morgan fingerprint density at radius 1 is 1.33 bits per heavy atom. The van der Waals surface area contributed by atoms with E-state index in [4.69, 9.17) is 4.74 Å². The first-order valence-electron chi connectivity index (χ1n) is 8.90. The minimum absolute atomic E-state index is 0.195. The molecule has 0 aliphatic carbocycles. The van der Waals surface area contributed by atoms with Crippen molar-refractivity contribution in [1.29, 1.82) is 5.26 Å². The van der Waals surface area contributed by atoms with Gasteiger partial charge in [0.25, 0.3) is 5.91 Å². The fourth-order valence-electron chi connectivity index (χ4n) is 3.30. The van der Waals surface area contributed by atoms with Gasteiger partial charge in [-0.2, -0.15) is 19.1 Å². The summed E-state index contributed by atoms with van der Waals surface area (Å²) in [4.78, 5) is 17.2. The molecule has 150 valence electrons. The van der Waals surface area contributed by atoms with Crippen LogP contribution < -0.4 is 10.1 Å². The standard InChI is InChI=1S/C21H15F2N5O2/c1-30-19-12(8-24)3-2-4-16(19)20(29)27-15-6-5-13-9-25-18(17(13)7-15)14-10-26-28(11-14)21(22)23/h2-7,10-11,21H,9H2,1H3,(H,27,29).